The Morgan fingerprint density at radius 1 is 0.690 bits per heavy atom. The van der Waals surface area contributed by atoms with E-state index in [9.17, 15) is 9.59 Å². The van der Waals surface area contributed by atoms with Gasteiger partial charge < -0.3 is 0 Å². The molecule has 29 heavy (non-hydrogen) atoms. The maximum atomic E-state index is 12.8. The van der Waals surface area contributed by atoms with Crippen molar-refractivity contribution in [3.63, 3.8) is 0 Å². The second-order valence-electron chi connectivity index (χ2n) is 6.64. The SMILES string of the molecule is CC(=O)C(C(C)=O)[PH](c1ccccc1)(c1ccccc1)c1ccccc1.O=[CH][Rh]. The van der Waals surface area contributed by atoms with Crippen molar-refractivity contribution in [2.24, 2.45) is 0 Å². The van der Waals surface area contributed by atoms with E-state index >= 15 is 0 Å². The van der Waals surface area contributed by atoms with E-state index in [1.165, 1.54) is 0 Å². The van der Waals surface area contributed by atoms with Gasteiger partial charge in [-0.2, -0.15) is 0 Å². The minimum atomic E-state index is -2.88. The first-order valence-corrected chi connectivity index (χ1v) is 12.2. The number of carbonyl (C=O) groups excluding carboxylic acids is 3. The van der Waals surface area contributed by atoms with E-state index < -0.39 is 12.9 Å². The molecule has 0 heterocycles. The van der Waals surface area contributed by atoms with Crippen LogP contribution in [0.25, 0.3) is 0 Å². The molecule has 0 aliphatic rings. The summed E-state index contributed by atoms with van der Waals surface area (Å²) in [5.74, 6) is -0.138. The zero-order valence-electron chi connectivity index (χ0n) is 16.4. The number of benzene rings is 3. The molecule has 0 saturated carbocycles. The predicted octanol–water partition coefficient (Wildman–Crippen LogP) is 2.98. The third kappa shape index (κ3) is 5.02. The maximum absolute atomic E-state index is 12.8. The molecule has 0 N–H and O–H groups in total. The molecule has 0 aliphatic carbocycles. The van der Waals surface area contributed by atoms with Crippen molar-refractivity contribution >= 4 is 39.6 Å². The van der Waals surface area contributed by atoms with E-state index in [1.54, 1.807) is 13.8 Å². The molecule has 5 heteroatoms. The van der Waals surface area contributed by atoms with Crippen LogP contribution in [0.2, 0.25) is 0 Å². The van der Waals surface area contributed by atoms with Gasteiger partial charge in [-0.3, -0.25) is 0 Å². The summed E-state index contributed by atoms with van der Waals surface area (Å²) < 4.78 is 0. The van der Waals surface area contributed by atoms with Gasteiger partial charge in [-0.25, -0.2) is 0 Å². The molecule has 0 aromatic heterocycles. The van der Waals surface area contributed by atoms with E-state index in [-0.39, 0.29) is 11.6 Å². The Bertz CT molecular complexity index is 833. The van der Waals surface area contributed by atoms with Crippen molar-refractivity contribution in [1.82, 2.24) is 0 Å². The molecule has 0 atom stereocenters. The van der Waals surface area contributed by atoms with Crippen molar-refractivity contribution in [2.45, 2.75) is 19.5 Å². The Labute approximate surface area is 182 Å². The molecule has 0 amide bonds. The first kappa shape index (κ1) is 23.0. The van der Waals surface area contributed by atoms with Crippen LogP contribution < -0.4 is 15.9 Å². The molecular formula is C24H24O3PRh. The standard InChI is InChI=1S/C23H23O2P.CHO.Rh/c1-18(24)23(19(2)25)26(20-12-6-3-7-13-20,21-14-8-4-9-15-21)22-16-10-5-11-17-22;1-2;/h3-17,23,26H,1-2H3;1H;. The van der Waals surface area contributed by atoms with Crippen LogP contribution in [-0.2, 0) is 32.7 Å². The Morgan fingerprint density at radius 3 is 1.14 bits per heavy atom. The molecule has 3 rings (SSSR count). The van der Waals surface area contributed by atoms with Crippen molar-refractivity contribution in [2.75, 3.05) is 0 Å². The number of rotatable bonds is 6. The third-order valence-corrected chi connectivity index (χ3v) is 10.3. The van der Waals surface area contributed by atoms with Gasteiger partial charge in [-0.05, 0) is 0 Å². The van der Waals surface area contributed by atoms with Crippen LogP contribution in [0.5, 0.6) is 0 Å². The summed E-state index contributed by atoms with van der Waals surface area (Å²) in [6.07, 6.45) is 0. The van der Waals surface area contributed by atoms with Crippen molar-refractivity contribution < 1.29 is 32.7 Å². The number of ketones is 2. The summed E-state index contributed by atoms with van der Waals surface area (Å²) >= 11 is 2.04. The third-order valence-electron chi connectivity index (χ3n) is 4.93. The van der Waals surface area contributed by atoms with Crippen LogP contribution in [0.15, 0.2) is 91.0 Å². The topological polar surface area (TPSA) is 51.2 Å². The first-order chi connectivity index (χ1) is 14.0. The Morgan fingerprint density at radius 2 is 0.931 bits per heavy atom. The van der Waals surface area contributed by atoms with Gasteiger partial charge in [-0.1, -0.05) is 0 Å². The predicted molar refractivity (Wildman–Crippen MR) is 118 cm³/mol. The summed E-state index contributed by atoms with van der Waals surface area (Å²) in [5, 5.41) is 3.23. The fourth-order valence-corrected chi connectivity index (χ4v) is 9.37. The average molecular weight is 494 g/mol. The molecule has 0 radical (unpaired) electrons. The normalized spacial score (nSPS) is 11.2. The van der Waals surface area contributed by atoms with Crippen LogP contribution in [0.1, 0.15) is 13.8 Å². The number of Topliss-reactive ketones (excluding diaryl/α,β-unsaturated/α-hetero) is 2. The Balaban J connectivity index is 0.000000941. The quantitative estimate of drug-likeness (QED) is 0.229. The van der Waals surface area contributed by atoms with Crippen LogP contribution in [0.4, 0.5) is 0 Å². The first-order valence-electron chi connectivity index (χ1n) is 9.18. The van der Waals surface area contributed by atoms with Gasteiger partial charge in [0.05, 0.1) is 0 Å². The Kier molecular flexibility index (Phi) is 8.77. The van der Waals surface area contributed by atoms with E-state index in [1.807, 2.05) is 72.9 Å². The van der Waals surface area contributed by atoms with E-state index in [2.05, 4.69) is 36.4 Å². The molecule has 3 aromatic rings. The Hall–Kier alpha value is -2.28. The van der Waals surface area contributed by atoms with Crippen LogP contribution in [-0.4, -0.2) is 22.1 Å². The average Bonchev–Trinajstić information content (AvgIpc) is 2.74. The zero-order chi connectivity index (χ0) is 21.3. The van der Waals surface area contributed by atoms with Crippen molar-refractivity contribution in [1.29, 1.82) is 0 Å². The van der Waals surface area contributed by atoms with E-state index in [4.69, 9.17) is 4.79 Å². The molecular weight excluding hydrogens is 470 g/mol. The summed E-state index contributed by atoms with van der Waals surface area (Å²) in [5.41, 5.74) is -0.658. The molecule has 0 fully saturated rings. The van der Waals surface area contributed by atoms with Crippen LogP contribution in [0.3, 0.4) is 0 Å². The van der Waals surface area contributed by atoms with Gasteiger partial charge in [0, 0.05) is 0 Å². The second kappa shape index (κ2) is 11.0. The molecule has 152 valence electrons. The number of carbonyl (C=O) groups is 3. The van der Waals surface area contributed by atoms with Gasteiger partial charge in [-0.15, -0.1) is 0 Å². The monoisotopic (exact) mass is 494 g/mol. The fraction of sp³-hybridized carbons (Fsp3) is 0.125. The van der Waals surface area contributed by atoms with Crippen molar-refractivity contribution in [3.05, 3.63) is 91.0 Å². The van der Waals surface area contributed by atoms with Crippen LogP contribution >= 0.6 is 7.26 Å². The number of hydrogen-bond donors (Lipinski definition) is 0. The van der Waals surface area contributed by atoms with Gasteiger partial charge in [0.25, 0.3) is 0 Å². The summed E-state index contributed by atoms with van der Waals surface area (Å²) in [7, 11) is -2.88. The molecule has 0 bridgehead atoms. The minimum absolute atomic E-state index is 0.0688. The molecule has 3 nitrogen and oxygen atoms in total. The molecule has 0 aliphatic heterocycles. The van der Waals surface area contributed by atoms with Crippen molar-refractivity contribution in [3.8, 4) is 0 Å². The van der Waals surface area contributed by atoms with E-state index in [0.29, 0.717) is 4.88 Å². The van der Waals surface area contributed by atoms with Gasteiger partial charge in [0.2, 0.25) is 0 Å². The second-order valence-corrected chi connectivity index (χ2v) is 11.0. The van der Waals surface area contributed by atoms with Gasteiger partial charge in [0.15, 0.2) is 0 Å². The van der Waals surface area contributed by atoms with E-state index in [0.717, 1.165) is 15.9 Å². The fourth-order valence-electron chi connectivity index (χ4n) is 4.00. The summed E-state index contributed by atoms with van der Waals surface area (Å²) in [6, 6.07) is 30.2. The zero-order valence-corrected chi connectivity index (χ0v) is 19.0. The molecule has 0 spiro atoms. The molecule has 3 aromatic carbocycles. The summed E-state index contributed by atoms with van der Waals surface area (Å²) in [6.45, 7) is 3.09. The molecule has 0 unspecified atom stereocenters. The van der Waals surface area contributed by atoms with Gasteiger partial charge >= 0.3 is 183 Å². The molecule has 0 saturated heterocycles. The number of hydrogen-bond acceptors (Lipinski definition) is 3. The van der Waals surface area contributed by atoms with Gasteiger partial charge in [0.1, 0.15) is 0 Å². The summed E-state index contributed by atoms with van der Waals surface area (Å²) in [4.78, 5) is 34.9. The van der Waals surface area contributed by atoms with Crippen LogP contribution in [0, 0.1) is 0 Å².